The standard InChI is InChI=1S/C15H20N2O4/c18-12-5-3-10(4-6-12)8-13(15(20)21)17-14(19)11-2-1-7-16-9-11/h3-6,11,13,16,18H,1-2,7-9H2,(H,17,19)(H,20,21)/t11-,13+/m1/s1. The Bertz CT molecular complexity index is 495. The first-order valence-corrected chi connectivity index (χ1v) is 7.08. The van der Waals surface area contributed by atoms with E-state index in [1.54, 1.807) is 12.1 Å². The van der Waals surface area contributed by atoms with Gasteiger partial charge in [-0.15, -0.1) is 0 Å². The highest BCUT2D eigenvalue weighted by molar-refractivity contribution is 5.85. The van der Waals surface area contributed by atoms with Gasteiger partial charge in [-0.2, -0.15) is 0 Å². The first kappa shape index (κ1) is 15.3. The topological polar surface area (TPSA) is 98.7 Å². The smallest absolute Gasteiger partial charge is 0.326 e. The van der Waals surface area contributed by atoms with Crippen LogP contribution in [-0.4, -0.2) is 41.2 Å². The summed E-state index contributed by atoms with van der Waals surface area (Å²) in [6.07, 6.45) is 1.90. The first-order chi connectivity index (χ1) is 10.1. The van der Waals surface area contributed by atoms with Gasteiger partial charge in [0.2, 0.25) is 5.91 Å². The highest BCUT2D eigenvalue weighted by atomic mass is 16.4. The maximum absolute atomic E-state index is 12.1. The predicted molar refractivity (Wildman–Crippen MR) is 77.0 cm³/mol. The van der Waals surface area contributed by atoms with Gasteiger partial charge in [-0.25, -0.2) is 4.79 Å². The fourth-order valence-corrected chi connectivity index (χ4v) is 2.43. The molecule has 6 heteroatoms. The van der Waals surface area contributed by atoms with E-state index in [1.165, 1.54) is 12.1 Å². The minimum absolute atomic E-state index is 0.128. The van der Waals surface area contributed by atoms with Crippen LogP contribution in [0.3, 0.4) is 0 Å². The molecule has 0 spiro atoms. The highest BCUT2D eigenvalue weighted by Crippen LogP contribution is 2.13. The van der Waals surface area contributed by atoms with Gasteiger partial charge in [0, 0.05) is 13.0 Å². The highest BCUT2D eigenvalue weighted by Gasteiger charge is 2.26. The summed E-state index contributed by atoms with van der Waals surface area (Å²) in [5.74, 6) is -1.31. The number of nitrogens with one attached hydrogen (secondary N) is 2. The monoisotopic (exact) mass is 292 g/mol. The number of phenols is 1. The van der Waals surface area contributed by atoms with Crippen LogP contribution in [0.1, 0.15) is 18.4 Å². The van der Waals surface area contributed by atoms with Gasteiger partial charge < -0.3 is 20.8 Å². The quantitative estimate of drug-likeness (QED) is 0.633. The van der Waals surface area contributed by atoms with Crippen LogP contribution in [0.15, 0.2) is 24.3 Å². The van der Waals surface area contributed by atoms with Crippen LogP contribution in [-0.2, 0) is 16.0 Å². The number of hydrogen-bond acceptors (Lipinski definition) is 4. The Hall–Kier alpha value is -2.08. The number of amides is 1. The number of carbonyl (C=O) groups is 2. The molecule has 1 fully saturated rings. The van der Waals surface area contributed by atoms with Gasteiger partial charge in [0.15, 0.2) is 0 Å². The molecule has 1 amide bonds. The Kier molecular flexibility index (Phi) is 5.16. The zero-order valence-corrected chi connectivity index (χ0v) is 11.7. The average Bonchev–Trinajstić information content (AvgIpc) is 2.49. The molecule has 114 valence electrons. The van der Waals surface area contributed by atoms with Crippen molar-refractivity contribution < 1.29 is 19.8 Å². The lowest BCUT2D eigenvalue weighted by Crippen LogP contribution is -2.48. The Balaban J connectivity index is 1.96. The number of aromatic hydroxyl groups is 1. The van der Waals surface area contributed by atoms with E-state index in [9.17, 15) is 19.8 Å². The van der Waals surface area contributed by atoms with Crippen LogP contribution in [0, 0.1) is 5.92 Å². The third kappa shape index (κ3) is 4.46. The molecule has 0 bridgehead atoms. The third-order valence-corrected chi connectivity index (χ3v) is 3.66. The second kappa shape index (κ2) is 7.08. The largest absolute Gasteiger partial charge is 0.508 e. The summed E-state index contributed by atoms with van der Waals surface area (Å²) in [5.41, 5.74) is 0.752. The van der Waals surface area contributed by atoms with Crippen LogP contribution in [0.5, 0.6) is 5.75 Å². The number of aliphatic carboxylic acids is 1. The van der Waals surface area contributed by atoms with E-state index in [-0.39, 0.29) is 24.0 Å². The summed E-state index contributed by atoms with van der Waals surface area (Å²) in [5, 5.41) is 24.2. The third-order valence-electron chi connectivity index (χ3n) is 3.66. The second-order valence-corrected chi connectivity index (χ2v) is 5.31. The Morgan fingerprint density at radius 1 is 1.33 bits per heavy atom. The van der Waals surface area contributed by atoms with Crippen LogP contribution >= 0.6 is 0 Å². The Morgan fingerprint density at radius 3 is 2.62 bits per heavy atom. The van der Waals surface area contributed by atoms with Gasteiger partial charge >= 0.3 is 5.97 Å². The minimum Gasteiger partial charge on any atom is -0.508 e. The molecule has 0 aliphatic carbocycles. The van der Waals surface area contributed by atoms with Crippen molar-refractivity contribution in [3.05, 3.63) is 29.8 Å². The van der Waals surface area contributed by atoms with E-state index in [0.717, 1.165) is 24.9 Å². The summed E-state index contributed by atoms with van der Waals surface area (Å²) in [6.45, 7) is 1.50. The number of carboxylic acid groups (broad SMARTS) is 1. The lowest BCUT2D eigenvalue weighted by molar-refractivity contribution is -0.142. The molecule has 0 radical (unpaired) electrons. The van der Waals surface area contributed by atoms with Crippen molar-refractivity contribution in [1.29, 1.82) is 0 Å². The van der Waals surface area contributed by atoms with Crippen molar-refractivity contribution in [3.63, 3.8) is 0 Å². The number of benzene rings is 1. The van der Waals surface area contributed by atoms with E-state index >= 15 is 0 Å². The lowest BCUT2D eigenvalue weighted by Gasteiger charge is -2.24. The van der Waals surface area contributed by atoms with Gasteiger partial charge in [-0.3, -0.25) is 4.79 Å². The molecule has 1 aliphatic heterocycles. The second-order valence-electron chi connectivity index (χ2n) is 5.31. The number of rotatable bonds is 5. The van der Waals surface area contributed by atoms with Gasteiger partial charge in [0.1, 0.15) is 11.8 Å². The molecule has 1 heterocycles. The van der Waals surface area contributed by atoms with Gasteiger partial charge in [-0.1, -0.05) is 12.1 Å². The minimum atomic E-state index is -1.06. The molecular weight excluding hydrogens is 272 g/mol. The average molecular weight is 292 g/mol. The van der Waals surface area contributed by atoms with Gasteiger partial charge in [0.25, 0.3) is 0 Å². The van der Waals surface area contributed by atoms with Crippen molar-refractivity contribution in [2.75, 3.05) is 13.1 Å². The van der Waals surface area contributed by atoms with Crippen molar-refractivity contribution in [1.82, 2.24) is 10.6 Å². The zero-order valence-electron chi connectivity index (χ0n) is 11.7. The molecule has 2 rings (SSSR count). The molecule has 1 aliphatic rings. The first-order valence-electron chi connectivity index (χ1n) is 7.08. The number of phenolic OH excluding ortho intramolecular Hbond substituents is 1. The van der Waals surface area contributed by atoms with Crippen LogP contribution in [0.2, 0.25) is 0 Å². The summed E-state index contributed by atoms with van der Waals surface area (Å²) >= 11 is 0. The Labute approximate surface area is 123 Å². The number of hydrogen-bond donors (Lipinski definition) is 4. The molecular formula is C15H20N2O4. The molecule has 6 nitrogen and oxygen atoms in total. The summed E-state index contributed by atoms with van der Waals surface area (Å²) in [4.78, 5) is 23.4. The predicted octanol–water partition coefficient (Wildman–Crippen LogP) is 0.504. The molecule has 21 heavy (non-hydrogen) atoms. The maximum atomic E-state index is 12.1. The van der Waals surface area contributed by atoms with Gasteiger partial charge in [-0.05, 0) is 37.1 Å². The number of piperidine rings is 1. The number of carboxylic acids is 1. The van der Waals surface area contributed by atoms with E-state index in [0.29, 0.717) is 6.54 Å². The molecule has 0 saturated carbocycles. The van der Waals surface area contributed by atoms with Gasteiger partial charge in [0.05, 0.1) is 5.92 Å². The summed E-state index contributed by atoms with van der Waals surface area (Å²) < 4.78 is 0. The fourth-order valence-electron chi connectivity index (χ4n) is 2.43. The van der Waals surface area contributed by atoms with Crippen molar-refractivity contribution in [2.45, 2.75) is 25.3 Å². The van der Waals surface area contributed by atoms with Crippen LogP contribution in [0.25, 0.3) is 0 Å². The lowest BCUT2D eigenvalue weighted by atomic mass is 9.97. The normalized spacial score (nSPS) is 19.7. The van der Waals surface area contributed by atoms with Crippen LogP contribution in [0.4, 0.5) is 0 Å². The Morgan fingerprint density at radius 2 is 2.05 bits per heavy atom. The van der Waals surface area contributed by atoms with Crippen molar-refractivity contribution >= 4 is 11.9 Å². The zero-order chi connectivity index (χ0) is 15.2. The van der Waals surface area contributed by atoms with E-state index in [1.807, 2.05) is 0 Å². The summed E-state index contributed by atoms with van der Waals surface area (Å²) in [7, 11) is 0. The molecule has 2 atom stereocenters. The van der Waals surface area contributed by atoms with Crippen molar-refractivity contribution in [2.24, 2.45) is 5.92 Å². The maximum Gasteiger partial charge on any atom is 0.326 e. The van der Waals surface area contributed by atoms with E-state index in [4.69, 9.17) is 0 Å². The fraction of sp³-hybridized carbons (Fsp3) is 0.467. The van der Waals surface area contributed by atoms with E-state index < -0.39 is 12.0 Å². The molecule has 0 unspecified atom stereocenters. The molecule has 1 aromatic rings. The molecule has 1 saturated heterocycles. The molecule has 4 N–H and O–H groups in total. The van der Waals surface area contributed by atoms with Crippen LogP contribution < -0.4 is 10.6 Å². The number of carbonyl (C=O) groups excluding carboxylic acids is 1. The SMILES string of the molecule is O=C(N[C@@H](Cc1ccc(O)cc1)C(=O)O)[C@@H]1CCCNC1. The molecule has 1 aromatic carbocycles. The molecule has 0 aromatic heterocycles. The van der Waals surface area contributed by atoms with Crippen molar-refractivity contribution in [3.8, 4) is 5.75 Å². The summed E-state index contributed by atoms with van der Waals surface area (Å²) in [6, 6.07) is 5.35. The van der Waals surface area contributed by atoms with E-state index in [2.05, 4.69) is 10.6 Å².